The van der Waals surface area contributed by atoms with Gasteiger partial charge in [-0.25, -0.2) is 0 Å². The largest absolute Gasteiger partial charge is 0.409 e. The Morgan fingerprint density at radius 3 is 2.67 bits per heavy atom. The molecule has 0 atom stereocenters. The van der Waals surface area contributed by atoms with Gasteiger partial charge >= 0.3 is 0 Å². The zero-order valence-electron chi connectivity index (χ0n) is 11.6. The van der Waals surface area contributed by atoms with E-state index in [1.165, 1.54) is 6.20 Å². The van der Waals surface area contributed by atoms with Gasteiger partial charge in [0, 0.05) is 24.5 Å². The number of amides is 1. The van der Waals surface area contributed by atoms with Gasteiger partial charge in [-0.3, -0.25) is 9.78 Å². The Balaban J connectivity index is 2.05. The van der Waals surface area contributed by atoms with Crippen LogP contribution in [0.4, 0.5) is 5.69 Å². The number of hydrogen-bond donors (Lipinski definition) is 3. The second-order valence-electron chi connectivity index (χ2n) is 4.67. The average molecular weight is 284 g/mol. The van der Waals surface area contributed by atoms with Crippen molar-refractivity contribution in [2.75, 3.05) is 5.32 Å². The van der Waals surface area contributed by atoms with E-state index in [2.05, 4.69) is 15.5 Å². The number of anilines is 1. The number of carbonyl (C=O) groups is 1. The van der Waals surface area contributed by atoms with Gasteiger partial charge in [0.1, 0.15) is 5.84 Å². The van der Waals surface area contributed by atoms with Crippen molar-refractivity contribution in [1.82, 2.24) is 4.98 Å². The predicted octanol–water partition coefficient (Wildman–Crippen LogP) is 1.93. The second-order valence-corrected chi connectivity index (χ2v) is 4.67. The molecule has 108 valence electrons. The van der Waals surface area contributed by atoms with Crippen molar-refractivity contribution in [3.05, 3.63) is 59.4 Å². The molecular weight excluding hydrogens is 268 g/mol. The first-order chi connectivity index (χ1) is 10.1. The fourth-order valence-corrected chi connectivity index (χ4v) is 1.83. The number of hydrogen-bond acceptors (Lipinski definition) is 4. The van der Waals surface area contributed by atoms with Gasteiger partial charge < -0.3 is 16.3 Å². The Labute approximate surface area is 122 Å². The van der Waals surface area contributed by atoms with E-state index in [-0.39, 0.29) is 11.7 Å². The molecule has 0 saturated carbocycles. The van der Waals surface area contributed by atoms with E-state index in [9.17, 15) is 4.79 Å². The Hall–Kier alpha value is -2.89. The highest BCUT2D eigenvalue weighted by Crippen LogP contribution is 2.12. The van der Waals surface area contributed by atoms with E-state index in [0.29, 0.717) is 17.7 Å². The maximum Gasteiger partial charge on any atom is 0.257 e. The first-order valence-electron chi connectivity index (χ1n) is 6.37. The van der Waals surface area contributed by atoms with Crippen LogP contribution >= 0.6 is 0 Å². The normalized spacial score (nSPS) is 11.2. The van der Waals surface area contributed by atoms with Crippen molar-refractivity contribution in [2.24, 2.45) is 10.9 Å². The molecule has 0 spiro atoms. The molecule has 0 fully saturated rings. The van der Waals surface area contributed by atoms with Crippen LogP contribution in [0.25, 0.3) is 0 Å². The van der Waals surface area contributed by atoms with Crippen LogP contribution in [0.15, 0.2) is 47.9 Å². The minimum absolute atomic E-state index is 0.137. The minimum atomic E-state index is -0.213. The molecule has 0 aliphatic rings. The third kappa shape index (κ3) is 4.04. The molecule has 0 unspecified atom stereocenters. The number of oxime groups is 1. The van der Waals surface area contributed by atoms with Crippen LogP contribution in [0.1, 0.15) is 21.5 Å². The molecule has 21 heavy (non-hydrogen) atoms. The molecule has 2 rings (SSSR count). The lowest BCUT2D eigenvalue weighted by molar-refractivity contribution is 0.102. The fraction of sp³-hybridized carbons (Fsp3) is 0.133. The molecule has 1 heterocycles. The van der Waals surface area contributed by atoms with E-state index in [4.69, 9.17) is 10.9 Å². The molecular formula is C15H16N4O2. The first-order valence-corrected chi connectivity index (χ1v) is 6.37. The maximum atomic E-state index is 12.1. The number of nitrogens with two attached hydrogens (primary N) is 1. The maximum absolute atomic E-state index is 12.1. The molecule has 1 amide bonds. The fourth-order valence-electron chi connectivity index (χ4n) is 1.83. The monoisotopic (exact) mass is 284 g/mol. The van der Waals surface area contributed by atoms with E-state index < -0.39 is 0 Å². The summed E-state index contributed by atoms with van der Waals surface area (Å²) in [6, 6.07) is 8.92. The molecule has 0 saturated heterocycles. The molecule has 1 aromatic heterocycles. The predicted molar refractivity (Wildman–Crippen MR) is 80.5 cm³/mol. The Morgan fingerprint density at radius 1 is 1.33 bits per heavy atom. The number of amidine groups is 1. The summed E-state index contributed by atoms with van der Waals surface area (Å²) in [7, 11) is 0. The molecule has 1 aromatic carbocycles. The van der Waals surface area contributed by atoms with E-state index in [1.807, 2.05) is 19.1 Å². The SMILES string of the molecule is Cc1cncc(C(=O)Nc2ccc(CC(N)=NO)cc2)c1. The smallest absolute Gasteiger partial charge is 0.257 e. The molecule has 0 radical (unpaired) electrons. The number of pyridine rings is 1. The zero-order valence-corrected chi connectivity index (χ0v) is 11.6. The van der Waals surface area contributed by atoms with Crippen molar-refractivity contribution in [3.8, 4) is 0 Å². The summed E-state index contributed by atoms with van der Waals surface area (Å²) in [4.78, 5) is 16.0. The summed E-state index contributed by atoms with van der Waals surface area (Å²) >= 11 is 0. The molecule has 0 aliphatic heterocycles. The molecule has 6 nitrogen and oxygen atoms in total. The number of nitrogens with one attached hydrogen (secondary N) is 1. The van der Waals surface area contributed by atoms with E-state index in [0.717, 1.165) is 11.1 Å². The van der Waals surface area contributed by atoms with E-state index >= 15 is 0 Å². The first kappa shape index (κ1) is 14.5. The summed E-state index contributed by atoms with van der Waals surface area (Å²) < 4.78 is 0. The zero-order chi connectivity index (χ0) is 15.2. The van der Waals surface area contributed by atoms with Gasteiger partial charge in [-0.15, -0.1) is 0 Å². The highest BCUT2D eigenvalue weighted by molar-refractivity contribution is 6.04. The lowest BCUT2D eigenvalue weighted by Crippen LogP contribution is -2.15. The quantitative estimate of drug-likeness (QED) is 0.345. The highest BCUT2D eigenvalue weighted by atomic mass is 16.4. The van der Waals surface area contributed by atoms with Crippen molar-refractivity contribution in [1.29, 1.82) is 0 Å². The van der Waals surface area contributed by atoms with Crippen molar-refractivity contribution in [3.63, 3.8) is 0 Å². The van der Waals surface area contributed by atoms with Crippen LogP contribution in [-0.4, -0.2) is 21.9 Å². The summed E-state index contributed by atoms with van der Waals surface area (Å²) in [5.74, 6) is -0.0759. The number of carbonyl (C=O) groups excluding carboxylic acids is 1. The highest BCUT2D eigenvalue weighted by Gasteiger charge is 2.07. The minimum Gasteiger partial charge on any atom is -0.409 e. The van der Waals surface area contributed by atoms with Gasteiger partial charge in [-0.05, 0) is 36.2 Å². The van der Waals surface area contributed by atoms with Crippen LogP contribution in [0, 0.1) is 6.92 Å². The Kier molecular flexibility index (Phi) is 4.50. The standard InChI is InChI=1S/C15H16N4O2/c1-10-6-12(9-17-8-10)15(20)18-13-4-2-11(3-5-13)7-14(16)19-21/h2-6,8-9,21H,7H2,1H3,(H2,16,19)(H,18,20). The molecule has 6 heteroatoms. The third-order valence-corrected chi connectivity index (χ3v) is 2.86. The van der Waals surface area contributed by atoms with E-state index in [1.54, 1.807) is 24.4 Å². The van der Waals surface area contributed by atoms with Gasteiger partial charge in [-0.2, -0.15) is 0 Å². The van der Waals surface area contributed by atoms with Crippen LogP contribution in [0.3, 0.4) is 0 Å². The lowest BCUT2D eigenvalue weighted by atomic mass is 10.1. The number of nitrogens with zero attached hydrogens (tertiary/aromatic N) is 2. The molecule has 2 aromatic rings. The summed E-state index contributed by atoms with van der Waals surface area (Å²) in [6.07, 6.45) is 3.57. The number of benzene rings is 1. The number of rotatable bonds is 4. The number of aryl methyl sites for hydroxylation is 1. The number of aromatic nitrogens is 1. The summed E-state index contributed by atoms with van der Waals surface area (Å²) in [6.45, 7) is 1.88. The van der Waals surface area contributed by atoms with Gasteiger partial charge in [0.25, 0.3) is 5.91 Å². The lowest BCUT2D eigenvalue weighted by Gasteiger charge is -2.06. The van der Waals surface area contributed by atoms with Crippen molar-refractivity contribution >= 4 is 17.4 Å². The van der Waals surface area contributed by atoms with Gasteiger partial charge in [-0.1, -0.05) is 17.3 Å². The molecule has 0 bridgehead atoms. The van der Waals surface area contributed by atoms with Gasteiger partial charge in [0.2, 0.25) is 0 Å². The third-order valence-electron chi connectivity index (χ3n) is 2.86. The average Bonchev–Trinajstić information content (AvgIpc) is 2.49. The van der Waals surface area contributed by atoms with Crippen LogP contribution < -0.4 is 11.1 Å². The molecule has 0 aliphatic carbocycles. The Bertz CT molecular complexity index is 666. The summed E-state index contributed by atoms with van der Waals surface area (Å²) in [5.41, 5.74) is 8.44. The van der Waals surface area contributed by atoms with Crippen LogP contribution in [-0.2, 0) is 6.42 Å². The Morgan fingerprint density at radius 2 is 2.05 bits per heavy atom. The molecule has 4 N–H and O–H groups in total. The van der Waals surface area contributed by atoms with Crippen molar-refractivity contribution < 1.29 is 10.0 Å². The summed E-state index contributed by atoms with van der Waals surface area (Å²) in [5, 5.41) is 14.2. The topological polar surface area (TPSA) is 101 Å². The van der Waals surface area contributed by atoms with Crippen LogP contribution in [0.2, 0.25) is 0 Å². The van der Waals surface area contributed by atoms with Gasteiger partial charge in [0.05, 0.1) is 5.56 Å². The van der Waals surface area contributed by atoms with Crippen LogP contribution in [0.5, 0.6) is 0 Å². The second kappa shape index (κ2) is 6.51. The van der Waals surface area contributed by atoms with Gasteiger partial charge in [0.15, 0.2) is 0 Å². The van der Waals surface area contributed by atoms with Crippen molar-refractivity contribution in [2.45, 2.75) is 13.3 Å².